The quantitative estimate of drug-likeness (QED) is 0.678. The molecule has 0 spiro atoms. The fourth-order valence-electron chi connectivity index (χ4n) is 1.54. The number of aromatic nitrogens is 2. The summed E-state index contributed by atoms with van der Waals surface area (Å²) in [7, 11) is 0. The predicted molar refractivity (Wildman–Crippen MR) is 69.8 cm³/mol. The number of nitrogens with zero attached hydrogens (tertiary/aromatic N) is 4. The Labute approximate surface area is 116 Å². The van der Waals surface area contributed by atoms with Gasteiger partial charge in [-0.2, -0.15) is 5.10 Å². The van der Waals surface area contributed by atoms with Crippen LogP contribution in [0.5, 0.6) is 0 Å². The van der Waals surface area contributed by atoms with Crippen molar-refractivity contribution in [2.75, 3.05) is 5.32 Å². The molecule has 0 fully saturated rings. The molecule has 9 nitrogen and oxygen atoms in total. The van der Waals surface area contributed by atoms with E-state index in [2.05, 4.69) is 15.5 Å². The van der Waals surface area contributed by atoms with Crippen molar-refractivity contribution in [3.8, 4) is 0 Å². The zero-order chi connectivity index (χ0) is 15.6. The van der Waals surface area contributed by atoms with E-state index in [1.165, 1.54) is 6.07 Å². The fourth-order valence-corrected chi connectivity index (χ4v) is 1.54. The summed E-state index contributed by atoms with van der Waals surface area (Å²) in [4.78, 5) is 19.5. The number of nitrogens with one attached hydrogen (secondary N) is 1. The molecule has 0 amide bonds. The average Bonchev–Trinajstić information content (AvgIpc) is 2.42. The molecule has 0 saturated heterocycles. The second-order valence-corrected chi connectivity index (χ2v) is 4.02. The molecule has 0 aliphatic heterocycles. The molecular weight excluding hydrogens is 285 g/mol. The van der Waals surface area contributed by atoms with Crippen LogP contribution in [0.2, 0.25) is 0 Å². The maximum atomic E-state index is 13.8. The average molecular weight is 293 g/mol. The lowest BCUT2D eigenvalue weighted by Gasteiger charge is -2.06. The van der Waals surface area contributed by atoms with Crippen molar-refractivity contribution in [3.05, 3.63) is 56.0 Å². The molecule has 0 bridgehead atoms. The van der Waals surface area contributed by atoms with E-state index in [-0.39, 0.29) is 11.5 Å². The molecule has 10 heteroatoms. The fraction of sp³-hybridized carbons (Fsp3) is 0.0909. The first kappa shape index (κ1) is 14.2. The Kier molecular flexibility index (Phi) is 3.69. The Hall–Kier alpha value is -3.17. The molecule has 1 aromatic heterocycles. The lowest BCUT2D eigenvalue weighted by atomic mass is 10.2. The van der Waals surface area contributed by atoms with Crippen molar-refractivity contribution in [1.82, 2.24) is 10.2 Å². The van der Waals surface area contributed by atoms with Crippen LogP contribution in [0.3, 0.4) is 0 Å². The summed E-state index contributed by atoms with van der Waals surface area (Å²) < 4.78 is 13.8. The Balaban J connectivity index is 2.44. The van der Waals surface area contributed by atoms with Gasteiger partial charge >= 0.3 is 11.4 Å². The van der Waals surface area contributed by atoms with E-state index >= 15 is 0 Å². The molecule has 0 unspecified atom stereocenters. The Bertz CT molecular complexity index is 719. The number of rotatable bonds is 4. The van der Waals surface area contributed by atoms with Crippen molar-refractivity contribution in [2.45, 2.75) is 6.92 Å². The monoisotopic (exact) mass is 293 g/mol. The largest absolute Gasteiger partial charge is 0.349 e. The van der Waals surface area contributed by atoms with Crippen LogP contribution in [0, 0.1) is 33.0 Å². The summed E-state index contributed by atoms with van der Waals surface area (Å²) in [5.41, 5.74) is -1.40. The first-order valence-electron chi connectivity index (χ1n) is 5.58. The normalized spacial score (nSPS) is 10.2. The summed E-state index contributed by atoms with van der Waals surface area (Å²) in [6.07, 6.45) is 0. The third-order valence-electron chi connectivity index (χ3n) is 2.52. The molecule has 1 N–H and O–H groups in total. The second-order valence-electron chi connectivity index (χ2n) is 4.02. The van der Waals surface area contributed by atoms with Crippen LogP contribution in [0.1, 0.15) is 5.69 Å². The minimum atomic E-state index is -1.02. The van der Waals surface area contributed by atoms with Gasteiger partial charge in [0.1, 0.15) is 0 Å². The summed E-state index contributed by atoms with van der Waals surface area (Å²) in [6.45, 7) is 1.70. The summed E-state index contributed by atoms with van der Waals surface area (Å²) in [5.74, 6) is -0.850. The van der Waals surface area contributed by atoms with Gasteiger partial charge in [0, 0.05) is 0 Å². The molecule has 1 heterocycles. The highest BCUT2D eigenvalue weighted by Gasteiger charge is 2.27. The van der Waals surface area contributed by atoms with Gasteiger partial charge in [-0.1, -0.05) is 0 Å². The number of nitro benzene ring substituents is 2. The Morgan fingerprint density at radius 1 is 1.10 bits per heavy atom. The number of hydrogen-bond acceptors (Lipinski definition) is 7. The van der Waals surface area contributed by atoms with Crippen molar-refractivity contribution in [3.63, 3.8) is 0 Å². The molecule has 0 saturated carbocycles. The molecular formula is C11H8FN5O4. The van der Waals surface area contributed by atoms with Gasteiger partial charge in [-0.15, -0.1) is 5.10 Å². The molecule has 0 aliphatic rings. The minimum Gasteiger partial charge on any atom is -0.336 e. The van der Waals surface area contributed by atoms with Gasteiger partial charge in [0.15, 0.2) is 11.6 Å². The van der Waals surface area contributed by atoms with Crippen molar-refractivity contribution in [1.29, 1.82) is 0 Å². The molecule has 21 heavy (non-hydrogen) atoms. The molecule has 0 aliphatic carbocycles. The van der Waals surface area contributed by atoms with Crippen LogP contribution < -0.4 is 5.32 Å². The molecule has 0 atom stereocenters. The van der Waals surface area contributed by atoms with Crippen LogP contribution >= 0.6 is 0 Å². The minimum absolute atomic E-state index is 0.155. The smallest absolute Gasteiger partial charge is 0.336 e. The van der Waals surface area contributed by atoms with Gasteiger partial charge in [-0.05, 0) is 19.1 Å². The number of benzene rings is 1. The first-order valence-corrected chi connectivity index (χ1v) is 5.58. The van der Waals surface area contributed by atoms with E-state index in [0.717, 1.165) is 6.07 Å². The van der Waals surface area contributed by atoms with Gasteiger partial charge < -0.3 is 5.32 Å². The molecule has 108 valence electrons. The third-order valence-corrected chi connectivity index (χ3v) is 2.52. The van der Waals surface area contributed by atoms with E-state index in [1.807, 2.05) is 0 Å². The third kappa shape index (κ3) is 3.05. The summed E-state index contributed by atoms with van der Waals surface area (Å²) in [6, 6.07) is 4.33. The standard InChI is InChI=1S/C11H8FN5O4/c1-6-2-3-11(15-14-6)13-8-5-10(17(20)21)9(16(18)19)4-7(8)12/h2-5H,1H3,(H,13,15). The van der Waals surface area contributed by atoms with Crippen LogP contribution in [-0.2, 0) is 0 Å². The lowest BCUT2D eigenvalue weighted by Crippen LogP contribution is -2.02. The van der Waals surface area contributed by atoms with Crippen molar-refractivity contribution < 1.29 is 14.2 Å². The molecule has 2 aromatic rings. The number of hydrogen-bond donors (Lipinski definition) is 1. The number of halogens is 1. The Morgan fingerprint density at radius 2 is 1.71 bits per heavy atom. The van der Waals surface area contributed by atoms with Gasteiger partial charge in [0.2, 0.25) is 0 Å². The lowest BCUT2D eigenvalue weighted by molar-refractivity contribution is -0.422. The maximum absolute atomic E-state index is 13.8. The van der Waals surface area contributed by atoms with Gasteiger partial charge in [-0.3, -0.25) is 20.2 Å². The first-order chi connectivity index (χ1) is 9.88. The van der Waals surface area contributed by atoms with E-state index in [9.17, 15) is 24.6 Å². The Morgan fingerprint density at radius 3 is 2.24 bits per heavy atom. The van der Waals surface area contributed by atoms with Gasteiger partial charge in [0.25, 0.3) is 0 Å². The summed E-state index contributed by atoms with van der Waals surface area (Å²) >= 11 is 0. The highest BCUT2D eigenvalue weighted by Crippen LogP contribution is 2.33. The maximum Gasteiger partial charge on any atom is 0.349 e. The van der Waals surface area contributed by atoms with E-state index in [0.29, 0.717) is 11.8 Å². The molecule has 1 aromatic carbocycles. The van der Waals surface area contributed by atoms with E-state index in [4.69, 9.17) is 0 Å². The number of nitro groups is 2. The van der Waals surface area contributed by atoms with Crippen LogP contribution in [0.4, 0.5) is 27.3 Å². The molecule has 0 radical (unpaired) electrons. The highest BCUT2D eigenvalue weighted by atomic mass is 19.1. The van der Waals surface area contributed by atoms with Crippen LogP contribution in [-0.4, -0.2) is 20.0 Å². The van der Waals surface area contributed by atoms with E-state index in [1.54, 1.807) is 13.0 Å². The predicted octanol–water partition coefficient (Wildman–Crippen LogP) is 2.48. The second kappa shape index (κ2) is 5.45. The van der Waals surface area contributed by atoms with Crippen molar-refractivity contribution in [2.24, 2.45) is 0 Å². The number of aryl methyl sites for hydroxylation is 1. The van der Waals surface area contributed by atoms with E-state index < -0.39 is 27.0 Å². The zero-order valence-electron chi connectivity index (χ0n) is 10.6. The highest BCUT2D eigenvalue weighted by molar-refractivity contribution is 5.66. The van der Waals surface area contributed by atoms with Gasteiger partial charge in [-0.25, -0.2) is 4.39 Å². The topological polar surface area (TPSA) is 124 Å². The zero-order valence-corrected chi connectivity index (χ0v) is 10.6. The van der Waals surface area contributed by atoms with Gasteiger partial charge in [0.05, 0.1) is 33.4 Å². The molecule has 2 rings (SSSR count). The SMILES string of the molecule is Cc1ccc(Nc2cc([N+](=O)[O-])c([N+](=O)[O-])cc2F)nn1. The summed E-state index contributed by atoms with van der Waals surface area (Å²) in [5, 5.41) is 31.4. The van der Waals surface area contributed by atoms with Crippen LogP contribution in [0.15, 0.2) is 24.3 Å². The van der Waals surface area contributed by atoms with Crippen LogP contribution in [0.25, 0.3) is 0 Å². The van der Waals surface area contributed by atoms with Crippen molar-refractivity contribution >= 4 is 22.9 Å². The number of anilines is 2.